The third kappa shape index (κ3) is 2.28. The molecule has 1 aliphatic rings. The molecular weight excluding hydrogens is 190 g/mol. The van der Waals surface area contributed by atoms with Crippen LogP contribution in [0, 0.1) is 0 Å². The van der Waals surface area contributed by atoms with Crippen LogP contribution in [-0.4, -0.2) is 34.3 Å². The zero-order valence-corrected chi connectivity index (χ0v) is 9.40. The van der Waals surface area contributed by atoms with Crippen molar-refractivity contribution in [3.05, 3.63) is 5.82 Å². The topological polar surface area (TPSA) is 70.8 Å². The molecule has 0 amide bonds. The van der Waals surface area contributed by atoms with Crippen LogP contribution < -0.4 is 10.6 Å². The van der Waals surface area contributed by atoms with Gasteiger partial charge in [-0.2, -0.15) is 4.98 Å². The van der Waals surface area contributed by atoms with Gasteiger partial charge in [-0.15, -0.1) is 5.10 Å². The minimum atomic E-state index is 0.264. The number of rotatable bonds is 2. The fraction of sp³-hybridized carbons (Fsp3) is 0.800. The average Bonchev–Trinajstić information content (AvgIpc) is 2.66. The highest BCUT2D eigenvalue weighted by molar-refractivity contribution is 5.30. The minimum Gasteiger partial charge on any atom is -0.338 e. The first kappa shape index (κ1) is 10.4. The van der Waals surface area contributed by atoms with E-state index < -0.39 is 0 Å². The number of piperidine rings is 1. The lowest BCUT2D eigenvalue weighted by molar-refractivity contribution is 0.500. The maximum atomic E-state index is 5.92. The van der Waals surface area contributed by atoms with Crippen molar-refractivity contribution in [3.8, 4) is 0 Å². The van der Waals surface area contributed by atoms with E-state index in [9.17, 15) is 0 Å². The molecule has 0 bridgehead atoms. The van der Waals surface area contributed by atoms with E-state index >= 15 is 0 Å². The first-order chi connectivity index (χ1) is 7.16. The van der Waals surface area contributed by atoms with E-state index in [1.165, 1.54) is 0 Å². The van der Waals surface area contributed by atoms with Crippen molar-refractivity contribution in [1.82, 2.24) is 15.2 Å². The van der Waals surface area contributed by atoms with Gasteiger partial charge in [-0.25, -0.2) is 0 Å². The Morgan fingerprint density at radius 1 is 1.53 bits per heavy atom. The summed E-state index contributed by atoms with van der Waals surface area (Å²) in [6.07, 6.45) is 2.24. The molecule has 84 valence electrons. The van der Waals surface area contributed by atoms with Crippen LogP contribution >= 0.6 is 0 Å². The van der Waals surface area contributed by atoms with Crippen LogP contribution in [-0.2, 0) is 0 Å². The summed E-state index contributed by atoms with van der Waals surface area (Å²) >= 11 is 0. The molecule has 0 aromatic carbocycles. The number of hydrogen-bond acceptors (Lipinski definition) is 4. The van der Waals surface area contributed by atoms with Crippen LogP contribution in [0.1, 0.15) is 38.4 Å². The summed E-state index contributed by atoms with van der Waals surface area (Å²) in [4.78, 5) is 6.63. The molecule has 0 saturated carbocycles. The molecular formula is C10H19N5. The van der Waals surface area contributed by atoms with Gasteiger partial charge in [-0.1, -0.05) is 13.8 Å². The number of nitrogens with zero attached hydrogens (tertiary/aromatic N) is 3. The van der Waals surface area contributed by atoms with Crippen molar-refractivity contribution in [2.75, 3.05) is 18.0 Å². The molecule has 2 rings (SSSR count). The van der Waals surface area contributed by atoms with Gasteiger partial charge in [0.05, 0.1) is 0 Å². The summed E-state index contributed by atoms with van der Waals surface area (Å²) in [7, 11) is 0. The first-order valence-electron chi connectivity index (χ1n) is 5.59. The number of hydrogen-bond donors (Lipinski definition) is 2. The van der Waals surface area contributed by atoms with Crippen LogP contribution in [0.25, 0.3) is 0 Å². The smallest absolute Gasteiger partial charge is 0.244 e. The lowest BCUT2D eigenvalue weighted by atomic mass is 10.1. The molecule has 1 saturated heterocycles. The maximum absolute atomic E-state index is 5.92. The Balaban J connectivity index is 2.08. The second kappa shape index (κ2) is 4.18. The van der Waals surface area contributed by atoms with Crippen molar-refractivity contribution in [1.29, 1.82) is 0 Å². The third-order valence-electron chi connectivity index (χ3n) is 2.78. The van der Waals surface area contributed by atoms with Crippen LogP contribution in [0.2, 0.25) is 0 Å². The van der Waals surface area contributed by atoms with E-state index in [0.29, 0.717) is 5.92 Å². The molecule has 5 nitrogen and oxygen atoms in total. The van der Waals surface area contributed by atoms with Crippen LogP contribution in [0.4, 0.5) is 5.95 Å². The summed E-state index contributed by atoms with van der Waals surface area (Å²) in [6.45, 7) is 6.09. The number of nitrogens with two attached hydrogens (primary N) is 1. The molecule has 15 heavy (non-hydrogen) atoms. The lowest BCUT2D eigenvalue weighted by Crippen LogP contribution is -2.43. The monoisotopic (exact) mass is 209 g/mol. The third-order valence-corrected chi connectivity index (χ3v) is 2.78. The SMILES string of the molecule is CC(C)c1nc(N2CCCC(N)C2)n[nH]1. The van der Waals surface area contributed by atoms with Gasteiger partial charge in [0.2, 0.25) is 5.95 Å². The second-order valence-electron chi connectivity index (χ2n) is 4.52. The minimum absolute atomic E-state index is 0.264. The van der Waals surface area contributed by atoms with E-state index in [1.54, 1.807) is 0 Å². The number of H-pyrrole nitrogens is 1. The van der Waals surface area contributed by atoms with Crippen molar-refractivity contribution in [3.63, 3.8) is 0 Å². The van der Waals surface area contributed by atoms with Gasteiger partial charge in [0.15, 0.2) is 0 Å². The van der Waals surface area contributed by atoms with Gasteiger partial charge in [-0.05, 0) is 12.8 Å². The van der Waals surface area contributed by atoms with Gasteiger partial charge in [0.1, 0.15) is 5.82 Å². The second-order valence-corrected chi connectivity index (χ2v) is 4.52. The predicted molar refractivity (Wildman–Crippen MR) is 59.9 cm³/mol. The average molecular weight is 209 g/mol. The quantitative estimate of drug-likeness (QED) is 0.757. The summed E-state index contributed by atoms with van der Waals surface area (Å²) in [5.41, 5.74) is 5.92. The maximum Gasteiger partial charge on any atom is 0.244 e. The largest absolute Gasteiger partial charge is 0.338 e. The van der Waals surface area contributed by atoms with Gasteiger partial charge in [-0.3, -0.25) is 5.10 Å². The number of aromatic amines is 1. The van der Waals surface area contributed by atoms with Crippen LogP contribution in [0.3, 0.4) is 0 Å². The Labute approximate surface area is 90.1 Å². The normalized spacial score (nSPS) is 22.4. The zero-order chi connectivity index (χ0) is 10.8. The molecule has 0 spiro atoms. The van der Waals surface area contributed by atoms with Gasteiger partial charge < -0.3 is 10.6 Å². The fourth-order valence-corrected chi connectivity index (χ4v) is 1.86. The highest BCUT2D eigenvalue weighted by Crippen LogP contribution is 2.17. The molecule has 0 radical (unpaired) electrons. The number of anilines is 1. The van der Waals surface area contributed by atoms with E-state index in [2.05, 4.69) is 33.9 Å². The van der Waals surface area contributed by atoms with Crippen LogP contribution in [0.5, 0.6) is 0 Å². The predicted octanol–water partition coefficient (Wildman–Crippen LogP) is 0.856. The van der Waals surface area contributed by atoms with Gasteiger partial charge in [0, 0.05) is 25.0 Å². The molecule has 1 unspecified atom stereocenters. The molecule has 1 aromatic heterocycles. The molecule has 1 aromatic rings. The fourth-order valence-electron chi connectivity index (χ4n) is 1.86. The van der Waals surface area contributed by atoms with Crippen molar-refractivity contribution < 1.29 is 0 Å². The zero-order valence-electron chi connectivity index (χ0n) is 9.40. The highest BCUT2D eigenvalue weighted by Gasteiger charge is 2.20. The summed E-state index contributed by atoms with van der Waals surface area (Å²) in [5.74, 6) is 2.14. The molecule has 0 aliphatic carbocycles. The molecule has 1 atom stereocenters. The summed E-state index contributed by atoms with van der Waals surface area (Å²) in [5, 5.41) is 7.20. The number of nitrogens with one attached hydrogen (secondary N) is 1. The Hall–Kier alpha value is -1.10. The summed E-state index contributed by atoms with van der Waals surface area (Å²) in [6, 6.07) is 0.264. The van der Waals surface area contributed by atoms with E-state index in [4.69, 9.17) is 5.73 Å². The molecule has 2 heterocycles. The van der Waals surface area contributed by atoms with Crippen molar-refractivity contribution in [2.45, 2.75) is 38.6 Å². The standard InChI is InChI=1S/C10H19N5/c1-7(2)9-12-10(14-13-9)15-5-3-4-8(11)6-15/h7-8H,3-6,11H2,1-2H3,(H,12,13,14). The lowest BCUT2D eigenvalue weighted by Gasteiger charge is -2.29. The van der Waals surface area contributed by atoms with E-state index in [1.807, 2.05) is 0 Å². The molecule has 3 N–H and O–H groups in total. The van der Waals surface area contributed by atoms with E-state index in [-0.39, 0.29) is 6.04 Å². The van der Waals surface area contributed by atoms with Crippen LogP contribution in [0.15, 0.2) is 0 Å². The molecule has 1 fully saturated rings. The van der Waals surface area contributed by atoms with Crippen molar-refractivity contribution in [2.24, 2.45) is 5.73 Å². The van der Waals surface area contributed by atoms with E-state index in [0.717, 1.165) is 37.7 Å². The highest BCUT2D eigenvalue weighted by atomic mass is 15.4. The Morgan fingerprint density at radius 2 is 2.33 bits per heavy atom. The van der Waals surface area contributed by atoms with Crippen molar-refractivity contribution >= 4 is 5.95 Å². The molecule has 5 heteroatoms. The molecule has 1 aliphatic heterocycles. The Kier molecular flexibility index (Phi) is 2.90. The van der Waals surface area contributed by atoms with Gasteiger partial charge >= 0.3 is 0 Å². The Morgan fingerprint density at radius 3 is 2.93 bits per heavy atom. The van der Waals surface area contributed by atoms with Gasteiger partial charge in [0.25, 0.3) is 0 Å². The first-order valence-corrected chi connectivity index (χ1v) is 5.59. The summed E-state index contributed by atoms with van der Waals surface area (Å²) < 4.78 is 0. The number of aromatic nitrogens is 3. The Bertz CT molecular complexity index is 319.